The monoisotopic (exact) mass is 420 g/mol. The van der Waals surface area contributed by atoms with Gasteiger partial charge in [0.2, 0.25) is 0 Å². The number of H-pyrrole nitrogens is 1. The molecule has 1 N–H and O–H groups in total. The molecule has 3 aromatic heterocycles. The van der Waals surface area contributed by atoms with Crippen molar-refractivity contribution in [1.29, 1.82) is 0 Å². The second-order valence-electron chi connectivity index (χ2n) is 7.20. The maximum absolute atomic E-state index is 13.2. The largest absolute Gasteiger partial charge is 0.383 e. The fraction of sp³-hybridized carbons (Fsp3) is 0.526. The lowest BCUT2D eigenvalue weighted by atomic mass is 10.2. The molecule has 9 nitrogen and oxygen atoms in total. The van der Waals surface area contributed by atoms with Crippen LogP contribution in [0.2, 0.25) is 0 Å². The second kappa shape index (κ2) is 8.13. The molecule has 4 heterocycles. The Morgan fingerprint density at radius 1 is 1.31 bits per heavy atom. The molecule has 0 saturated carbocycles. The minimum Gasteiger partial charge on any atom is -0.383 e. The molecule has 1 aliphatic rings. The van der Waals surface area contributed by atoms with Gasteiger partial charge in [0.05, 0.1) is 37.7 Å². The van der Waals surface area contributed by atoms with Crippen LogP contribution in [-0.2, 0) is 29.1 Å². The van der Waals surface area contributed by atoms with Crippen molar-refractivity contribution in [3.63, 3.8) is 0 Å². The molecule has 1 fully saturated rings. The number of nitrogens with zero attached hydrogens (tertiary/aromatic N) is 3. The van der Waals surface area contributed by atoms with Gasteiger partial charge in [0, 0.05) is 31.0 Å². The van der Waals surface area contributed by atoms with E-state index in [1.54, 1.807) is 21.5 Å². The topological polar surface area (TPSA) is 100 Å². The number of thiophene rings is 1. The molecule has 1 unspecified atom stereocenters. The highest BCUT2D eigenvalue weighted by molar-refractivity contribution is 7.18. The highest BCUT2D eigenvalue weighted by atomic mass is 32.1. The van der Waals surface area contributed by atoms with Gasteiger partial charge in [-0.15, -0.1) is 11.3 Å². The number of aromatic amines is 1. The van der Waals surface area contributed by atoms with Gasteiger partial charge in [0.25, 0.3) is 5.56 Å². The van der Waals surface area contributed by atoms with Crippen molar-refractivity contribution in [3.05, 3.63) is 54.2 Å². The van der Waals surface area contributed by atoms with E-state index >= 15 is 0 Å². The number of nitrogens with one attached hydrogen (secondary N) is 1. The average Bonchev–Trinajstić information content (AvgIpc) is 3.42. The average molecular weight is 420 g/mol. The normalized spacial score (nSPS) is 16.8. The van der Waals surface area contributed by atoms with Gasteiger partial charge in [-0.25, -0.2) is 9.59 Å². The summed E-state index contributed by atoms with van der Waals surface area (Å²) in [4.78, 5) is 42.3. The molecule has 1 saturated heterocycles. The van der Waals surface area contributed by atoms with E-state index in [4.69, 9.17) is 9.47 Å². The third-order valence-corrected chi connectivity index (χ3v) is 6.66. The van der Waals surface area contributed by atoms with Crippen LogP contribution in [0.25, 0.3) is 10.2 Å². The summed E-state index contributed by atoms with van der Waals surface area (Å²) in [7, 11) is 1.54. The molecule has 29 heavy (non-hydrogen) atoms. The number of aryl methyl sites for hydroxylation is 1. The molecule has 0 aliphatic carbocycles. The summed E-state index contributed by atoms with van der Waals surface area (Å²) in [6.07, 6.45) is 5.07. The predicted molar refractivity (Wildman–Crippen MR) is 110 cm³/mol. The Kier molecular flexibility index (Phi) is 5.57. The summed E-state index contributed by atoms with van der Waals surface area (Å²) >= 11 is 1.39. The number of rotatable bonds is 7. The molecule has 156 valence electrons. The summed E-state index contributed by atoms with van der Waals surface area (Å²) in [6.45, 7) is 3.78. The maximum atomic E-state index is 13.2. The lowest BCUT2D eigenvalue weighted by Gasteiger charge is -2.15. The summed E-state index contributed by atoms with van der Waals surface area (Å²) in [6, 6.07) is 0. The van der Waals surface area contributed by atoms with E-state index in [-0.39, 0.29) is 36.2 Å². The molecular formula is C19H24N4O5S. The molecule has 0 aromatic carbocycles. The van der Waals surface area contributed by atoms with Crippen LogP contribution in [0.4, 0.5) is 0 Å². The van der Waals surface area contributed by atoms with Crippen molar-refractivity contribution in [3.8, 4) is 0 Å². The van der Waals surface area contributed by atoms with Crippen LogP contribution in [-0.4, -0.2) is 45.1 Å². The van der Waals surface area contributed by atoms with Crippen molar-refractivity contribution in [2.24, 2.45) is 0 Å². The minimum absolute atomic E-state index is 0.0394. The third kappa shape index (κ3) is 3.63. The fourth-order valence-electron chi connectivity index (χ4n) is 3.75. The Balaban J connectivity index is 1.89. The van der Waals surface area contributed by atoms with Gasteiger partial charge in [-0.2, -0.15) is 0 Å². The van der Waals surface area contributed by atoms with E-state index in [1.807, 2.05) is 6.92 Å². The van der Waals surface area contributed by atoms with Crippen LogP contribution in [0.3, 0.4) is 0 Å². The first kappa shape index (κ1) is 19.9. The number of fused-ring (bicyclic) bond motifs is 1. The molecular weight excluding hydrogens is 396 g/mol. The van der Waals surface area contributed by atoms with Crippen molar-refractivity contribution >= 4 is 21.6 Å². The summed E-state index contributed by atoms with van der Waals surface area (Å²) < 4.78 is 15.3. The van der Waals surface area contributed by atoms with E-state index in [0.29, 0.717) is 29.9 Å². The van der Waals surface area contributed by atoms with Gasteiger partial charge in [-0.1, -0.05) is 0 Å². The van der Waals surface area contributed by atoms with E-state index < -0.39 is 0 Å². The SMILES string of the molecule is COCCn1c(=O)c2c(C)c(Cn3cc[nH]c3=O)sc2n(CC2CCCO2)c1=O. The van der Waals surface area contributed by atoms with E-state index in [0.717, 1.165) is 23.3 Å². The van der Waals surface area contributed by atoms with Crippen molar-refractivity contribution in [2.75, 3.05) is 20.3 Å². The Hall–Kier alpha value is -2.43. The first-order valence-electron chi connectivity index (χ1n) is 9.61. The lowest BCUT2D eigenvalue weighted by molar-refractivity contribution is 0.0964. The summed E-state index contributed by atoms with van der Waals surface area (Å²) in [5.74, 6) is 0. The van der Waals surface area contributed by atoms with Gasteiger partial charge in [-0.3, -0.25) is 18.5 Å². The second-order valence-corrected chi connectivity index (χ2v) is 8.28. The smallest absolute Gasteiger partial charge is 0.332 e. The van der Waals surface area contributed by atoms with Gasteiger partial charge in [0.15, 0.2) is 0 Å². The van der Waals surface area contributed by atoms with Gasteiger partial charge in [-0.05, 0) is 25.3 Å². The molecule has 0 bridgehead atoms. The van der Waals surface area contributed by atoms with Crippen LogP contribution in [0.15, 0.2) is 26.8 Å². The zero-order valence-corrected chi connectivity index (χ0v) is 17.3. The molecule has 0 radical (unpaired) electrons. The van der Waals surface area contributed by atoms with E-state index in [9.17, 15) is 14.4 Å². The van der Waals surface area contributed by atoms with Crippen molar-refractivity contribution < 1.29 is 9.47 Å². The van der Waals surface area contributed by atoms with Crippen LogP contribution >= 0.6 is 11.3 Å². The highest BCUT2D eigenvalue weighted by Crippen LogP contribution is 2.29. The van der Waals surface area contributed by atoms with E-state index in [1.165, 1.54) is 23.0 Å². The molecule has 4 rings (SSSR count). The molecule has 0 spiro atoms. The standard InChI is InChI=1S/C19H24N4O5S/c1-12-14(11-21-6-5-20-18(21)25)29-17-15(12)16(24)22(7-9-27-2)19(26)23(17)10-13-4-3-8-28-13/h5-6,13H,3-4,7-11H2,1-2H3,(H,20,25). The molecule has 1 atom stereocenters. The molecule has 10 heteroatoms. The molecule has 0 amide bonds. The number of hydrogen-bond acceptors (Lipinski definition) is 6. The summed E-state index contributed by atoms with van der Waals surface area (Å²) in [5, 5.41) is 0.530. The first-order valence-corrected chi connectivity index (χ1v) is 10.4. The molecule has 1 aliphatic heterocycles. The Morgan fingerprint density at radius 3 is 2.79 bits per heavy atom. The van der Waals surface area contributed by atoms with Gasteiger partial charge < -0.3 is 14.5 Å². The highest BCUT2D eigenvalue weighted by Gasteiger charge is 2.24. The maximum Gasteiger partial charge on any atom is 0.332 e. The van der Waals surface area contributed by atoms with Crippen molar-refractivity contribution in [2.45, 2.75) is 45.5 Å². The minimum atomic E-state index is -0.346. The number of ether oxygens (including phenoxy) is 2. The van der Waals surface area contributed by atoms with Gasteiger partial charge in [0.1, 0.15) is 4.83 Å². The zero-order chi connectivity index (χ0) is 20.5. The van der Waals surface area contributed by atoms with Crippen LogP contribution in [0, 0.1) is 6.92 Å². The quantitative estimate of drug-likeness (QED) is 0.612. The lowest BCUT2D eigenvalue weighted by Crippen LogP contribution is -2.42. The van der Waals surface area contributed by atoms with Crippen LogP contribution in [0.5, 0.6) is 0 Å². The zero-order valence-electron chi connectivity index (χ0n) is 16.5. The number of aromatic nitrogens is 4. The Labute approximate surface area is 170 Å². The van der Waals surface area contributed by atoms with Crippen molar-refractivity contribution in [1.82, 2.24) is 18.7 Å². The number of imidazole rings is 1. The fourth-order valence-corrected chi connectivity index (χ4v) is 5.05. The first-order chi connectivity index (χ1) is 14.0. The number of methoxy groups -OCH3 is 1. The van der Waals surface area contributed by atoms with E-state index in [2.05, 4.69) is 4.98 Å². The Morgan fingerprint density at radius 2 is 2.14 bits per heavy atom. The third-order valence-electron chi connectivity index (χ3n) is 5.36. The Bertz CT molecular complexity index is 1190. The van der Waals surface area contributed by atoms with Gasteiger partial charge >= 0.3 is 11.4 Å². The predicted octanol–water partition coefficient (Wildman–Crippen LogP) is 0.897. The number of hydrogen-bond donors (Lipinski definition) is 1. The van der Waals surface area contributed by atoms with Crippen LogP contribution < -0.4 is 16.9 Å². The molecule has 3 aromatic rings. The summed E-state index contributed by atoms with van der Waals surface area (Å²) in [5.41, 5.74) is -0.0693. The van der Waals surface area contributed by atoms with Crippen LogP contribution in [0.1, 0.15) is 23.3 Å².